The minimum absolute atomic E-state index is 0.0781. The van der Waals surface area contributed by atoms with E-state index in [2.05, 4.69) is 15.3 Å². The molecule has 1 aromatic rings. The smallest absolute Gasteiger partial charge is 0.261 e. The summed E-state index contributed by atoms with van der Waals surface area (Å²) in [6, 6.07) is 0. The van der Waals surface area contributed by atoms with Crippen LogP contribution in [0.25, 0.3) is 0 Å². The lowest BCUT2D eigenvalue weighted by atomic mass is 10.3. The predicted octanol–water partition coefficient (Wildman–Crippen LogP) is -0.256. The molecule has 0 aromatic carbocycles. The van der Waals surface area contributed by atoms with Crippen LogP contribution in [0.15, 0.2) is 18.6 Å². The molecule has 0 aliphatic carbocycles. The summed E-state index contributed by atoms with van der Waals surface area (Å²) in [5.41, 5.74) is 0. The first kappa shape index (κ1) is 7.97. The Labute approximate surface area is 75.1 Å². The maximum absolute atomic E-state index is 11.1. The van der Waals surface area contributed by atoms with E-state index in [0.717, 1.165) is 0 Å². The Hall–Kier alpha value is -1.65. The van der Waals surface area contributed by atoms with E-state index < -0.39 is 6.10 Å². The molecule has 2 rings (SSSR count). The number of amides is 1. The molecular formula is C8H9N3O2. The van der Waals surface area contributed by atoms with Gasteiger partial charge < -0.3 is 10.1 Å². The number of nitrogens with one attached hydrogen (secondary N) is 1. The number of rotatable bonds is 2. The van der Waals surface area contributed by atoms with Crippen LogP contribution in [-0.4, -0.2) is 28.5 Å². The van der Waals surface area contributed by atoms with E-state index in [1.165, 1.54) is 12.4 Å². The van der Waals surface area contributed by atoms with Crippen molar-refractivity contribution in [2.45, 2.75) is 12.5 Å². The molecular weight excluding hydrogens is 170 g/mol. The lowest BCUT2D eigenvalue weighted by Gasteiger charge is -2.08. The maximum Gasteiger partial charge on any atom is 0.261 e. The zero-order chi connectivity index (χ0) is 9.10. The van der Waals surface area contributed by atoms with Gasteiger partial charge in [0.05, 0.1) is 6.20 Å². The number of aromatic nitrogens is 2. The molecule has 68 valence electrons. The summed E-state index contributed by atoms with van der Waals surface area (Å²) in [7, 11) is 0. The van der Waals surface area contributed by atoms with Crippen molar-refractivity contribution in [3.8, 4) is 5.88 Å². The van der Waals surface area contributed by atoms with Gasteiger partial charge in [-0.1, -0.05) is 0 Å². The first-order chi connectivity index (χ1) is 6.36. The fraction of sp³-hybridized carbons (Fsp3) is 0.375. The molecule has 1 fully saturated rings. The summed E-state index contributed by atoms with van der Waals surface area (Å²) in [6.07, 6.45) is 4.86. The first-order valence-corrected chi connectivity index (χ1v) is 4.06. The topological polar surface area (TPSA) is 64.1 Å². The quantitative estimate of drug-likeness (QED) is 0.679. The zero-order valence-electron chi connectivity index (χ0n) is 6.93. The fourth-order valence-electron chi connectivity index (χ4n) is 1.18. The Morgan fingerprint density at radius 2 is 2.46 bits per heavy atom. The van der Waals surface area contributed by atoms with Crippen LogP contribution in [0, 0.1) is 0 Å². The molecule has 1 atom stereocenters. The van der Waals surface area contributed by atoms with E-state index in [1.54, 1.807) is 6.20 Å². The Balaban J connectivity index is 2.02. The van der Waals surface area contributed by atoms with Crippen molar-refractivity contribution in [3.63, 3.8) is 0 Å². The fourth-order valence-corrected chi connectivity index (χ4v) is 1.18. The molecule has 5 nitrogen and oxygen atoms in total. The molecule has 13 heavy (non-hydrogen) atoms. The van der Waals surface area contributed by atoms with Crippen molar-refractivity contribution >= 4 is 5.91 Å². The number of ether oxygens (including phenoxy) is 1. The van der Waals surface area contributed by atoms with Gasteiger partial charge >= 0.3 is 0 Å². The lowest BCUT2D eigenvalue weighted by molar-refractivity contribution is -0.125. The van der Waals surface area contributed by atoms with Crippen LogP contribution in [0.1, 0.15) is 6.42 Å². The van der Waals surface area contributed by atoms with Crippen molar-refractivity contribution in [3.05, 3.63) is 18.6 Å². The second-order valence-electron chi connectivity index (χ2n) is 2.73. The standard InChI is InChI=1S/C8H9N3O2/c12-8-6(1-2-11-8)13-7-5-9-3-4-10-7/h3-6H,1-2H2,(H,11,12). The van der Waals surface area contributed by atoms with Gasteiger partial charge in [0.25, 0.3) is 5.91 Å². The second-order valence-corrected chi connectivity index (χ2v) is 2.73. The summed E-state index contributed by atoms with van der Waals surface area (Å²) in [6.45, 7) is 0.670. The molecule has 0 radical (unpaired) electrons. The molecule has 1 unspecified atom stereocenters. The van der Waals surface area contributed by atoms with Gasteiger partial charge in [0.2, 0.25) is 5.88 Å². The third kappa shape index (κ3) is 1.74. The Morgan fingerprint density at radius 3 is 3.08 bits per heavy atom. The van der Waals surface area contributed by atoms with E-state index in [1.807, 2.05) is 0 Å². The number of hydrogen-bond donors (Lipinski definition) is 1. The summed E-state index contributed by atoms with van der Waals surface area (Å²) in [5.74, 6) is 0.315. The van der Waals surface area contributed by atoms with Crippen LogP contribution < -0.4 is 10.1 Å². The molecule has 1 aliphatic heterocycles. The predicted molar refractivity (Wildman–Crippen MR) is 44.1 cm³/mol. The molecule has 1 amide bonds. The average Bonchev–Trinajstić information content (AvgIpc) is 2.54. The van der Waals surface area contributed by atoms with Crippen molar-refractivity contribution in [2.24, 2.45) is 0 Å². The Bertz CT molecular complexity index is 302. The van der Waals surface area contributed by atoms with Crippen molar-refractivity contribution in [1.82, 2.24) is 15.3 Å². The largest absolute Gasteiger partial charge is 0.463 e. The molecule has 1 aliphatic rings. The van der Waals surface area contributed by atoms with Crippen LogP contribution in [0.3, 0.4) is 0 Å². The van der Waals surface area contributed by atoms with E-state index in [-0.39, 0.29) is 5.91 Å². The highest BCUT2D eigenvalue weighted by Gasteiger charge is 2.25. The van der Waals surface area contributed by atoms with Gasteiger partial charge in [-0.15, -0.1) is 0 Å². The highest BCUT2D eigenvalue weighted by atomic mass is 16.5. The minimum Gasteiger partial charge on any atom is -0.463 e. The molecule has 2 heterocycles. The molecule has 0 bridgehead atoms. The maximum atomic E-state index is 11.1. The van der Waals surface area contributed by atoms with Gasteiger partial charge in [-0.3, -0.25) is 9.78 Å². The summed E-state index contributed by atoms with van der Waals surface area (Å²) in [4.78, 5) is 18.8. The first-order valence-electron chi connectivity index (χ1n) is 4.06. The minimum atomic E-state index is -0.406. The van der Waals surface area contributed by atoms with Crippen LogP contribution in [-0.2, 0) is 4.79 Å². The summed E-state index contributed by atoms with van der Waals surface area (Å²) >= 11 is 0. The third-order valence-corrected chi connectivity index (χ3v) is 1.80. The number of hydrogen-bond acceptors (Lipinski definition) is 4. The van der Waals surface area contributed by atoms with E-state index in [9.17, 15) is 4.79 Å². The van der Waals surface area contributed by atoms with E-state index in [0.29, 0.717) is 18.8 Å². The molecule has 0 saturated carbocycles. The highest BCUT2D eigenvalue weighted by Crippen LogP contribution is 2.10. The third-order valence-electron chi connectivity index (χ3n) is 1.80. The van der Waals surface area contributed by atoms with Crippen molar-refractivity contribution in [1.29, 1.82) is 0 Å². The molecule has 1 N–H and O–H groups in total. The van der Waals surface area contributed by atoms with Crippen LogP contribution in [0.5, 0.6) is 5.88 Å². The normalized spacial score (nSPS) is 21.2. The van der Waals surface area contributed by atoms with Gasteiger partial charge in [0, 0.05) is 25.4 Å². The second kappa shape index (κ2) is 3.38. The summed E-state index contributed by atoms with van der Waals surface area (Å²) in [5, 5.41) is 2.68. The molecule has 1 saturated heterocycles. The van der Waals surface area contributed by atoms with Crippen LogP contribution in [0.2, 0.25) is 0 Å². The lowest BCUT2D eigenvalue weighted by Crippen LogP contribution is -2.27. The zero-order valence-corrected chi connectivity index (χ0v) is 6.93. The van der Waals surface area contributed by atoms with E-state index >= 15 is 0 Å². The number of nitrogens with zero attached hydrogens (tertiary/aromatic N) is 2. The van der Waals surface area contributed by atoms with Gasteiger partial charge in [0.1, 0.15) is 0 Å². The van der Waals surface area contributed by atoms with Crippen LogP contribution >= 0.6 is 0 Å². The van der Waals surface area contributed by atoms with Gasteiger partial charge in [-0.25, -0.2) is 4.98 Å². The number of carbonyl (C=O) groups excluding carboxylic acids is 1. The highest BCUT2D eigenvalue weighted by molar-refractivity contribution is 5.83. The Kier molecular flexibility index (Phi) is 2.08. The van der Waals surface area contributed by atoms with Gasteiger partial charge in [0.15, 0.2) is 6.10 Å². The van der Waals surface area contributed by atoms with Crippen molar-refractivity contribution < 1.29 is 9.53 Å². The van der Waals surface area contributed by atoms with Crippen molar-refractivity contribution in [2.75, 3.05) is 6.54 Å². The molecule has 1 aromatic heterocycles. The molecule has 5 heteroatoms. The van der Waals surface area contributed by atoms with Crippen LogP contribution in [0.4, 0.5) is 0 Å². The molecule has 0 spiro atoms. The Morgan fingerprint density at radius 1 is 1.54 bits per heavy atom. The summed E-state index contributed by atoms with van der Waals surface area (Å²) < 4.78 is 5.30. The van der Waals surface area contributed by atoms with E-state index in [4.69, 9.17) is 4.74 Å². The average molecular weight is 179 g/mol. The van der Waals surface area contributed by atoms with Gasteiger partial charge in [-0.2, -0.15) is 0 Å². The SMILES string of the molecule is O=C1NCCC1Oc1cnccn1. The van der Waals surface area contributed by atoms with Gasteiger partial charge in [-0.05, 0) is 0 Å². The monoisotopic (exact) mass is 179 g/mol. The number of carbonyl (C=O) groups is 1.